The number of hydrogen-bond acceptors (Lipinski definition) is 5. The molecule has 2 N–H and O–H groups in total. The maximum Gasteiger partial charge on any atom is 0.163 e. The van der Waals surface area contributed by atoms with E-state index in [0.29, 0.717) is 24.9 Å². The summed E-state index contributed by atoms with van der Waals surface area (Å²) in [6, 6.07) is 0. The van der Waals surface area contributed by atoms with Crippen LogP contribution in [0, 0.1) is 0 Å². The number of anilines is 1. The van der Waals surface area contributed by atoms with Crippen molar-refractivity contribution in [3.05, 3.63) is 16.0 Å². The summed E-state index contributed by atoms with van der Waals surface area (Å²) in [6.45, 7) is 1.35. The van der Waals surface area contributed by atoms with Crippen molar-refractivity contribution in [1.29, 1.82) is 0 Å². The van der Waals surface area contributed by atoms with E-state index >= 15 is 0 Å². The van der Waals surface area contributed by atoms with Crippen LogP contribution in [0.15, 0.2) is 4.47 Å². The SMILES string of the molecule is COC1(c2nc(N)c(Br)c(C3CCCC3)n2)CCOCC1. The molecule has 2 aliphatic rings. The molecule has 1 aromatic heterocycles. The molecule has 5 nitrogen and oxygen atoms in total. The van der Waals surface area contributed by atoms with Gasteiger partial charge in [-0.2, -0.15) is 0 Å². The number of nitrogen functional groups attached to an aromatic ring is 1. The van der Waals surface area contributed by atoms with Gasteiger partial charge in [0, 0.05) is 39.1 Å². The van der Waals surface area contributed by atoms with Crippen LogP contribution in [-0.4, -0.2) is 30.3 Å². The zero-order chi connectivity index (χ0) is 14.9. The van der Waals surface area contributed by atoms with E-state index in [9.17, 15) is 0 Å². The van der Waals surface area contributed by atoms with Gasteiger partial charge in [0.15, 0.2) is 5.82 Å². The molecule has 1 aliphatic heterocycles. The monoisotopic (exact) mass is 355 g/mol. The number of hydrogen-bond donors (Lipinski definition) is 1. The molecule has 1 saturated heterocycles. The molecule has 1 aliphatic carbocycles. The molecule has 0 unspecified atom stereocenters. The van der Waals surface area contributed by atoms with Crippen LogP contribution < -0.4 is 5.73 Å². The third kappa shape index (κ3) is 2.81. The van der Waals surface area contributed by atoms with E-state index in [-0.39, 0.29) is 0 Å². The minimum absolute atomic E-state index is 0.458. The Balaban J connectivity index is 2.01. The predicted octanol–water partition coefficient (Wildman–Crippen LogP) is 3.13. The Morgan fingerprint density at radius 1 is 1.24 bits per heavy atom. The fraction of sp³-hybridized carbons (Fsp3) is 0.733. The molecule has 1 aromatic rings. The number of ether oxygens (including phenoxy) is 2. The first-order valence-corrected chi connectivity index (χ1v) is 8.42. The molecule has 3 rings (SSSR count). The highest BCUT2D eigenvalue weighted by molar-refractivity contribution is 9.10. The fourth-order valence-corrected chi connectivity index (χ4v) is 3.88. The highest BCUT2D eigenvalue weighted by Gasteiger charge is 2.39. The summed E-state index contributed by atoms with van der Waals surface area (Å²) < 4.78 is 12.1. The van der Waals surface area contributed by atoms with Gasteiger partial charge in [-0.15, -0.1) is 0 Å². The molecule has 6 heteroatoms. The lowest BCUT2D eigenvalue weighted by Crippen LogP contribution is -2.38. The lowest BCUT2D eigenvalue weighted by atomic mass is 9.92. The van der Waals surface area contributed by atoms with Crippen molar-refractivity contribution in [3.63, 3.8) is 0 Å². The maximum absolute atomic E-state index is 6.12. The first kappa shape index (κ1) is 15.2. The van der Waals surface area contributed by atoms with Gasteiger partial charge in [0.1, 0.15) is 11.4 Å². The zero-order valence-corrected chi connectivity index (χ0v) is 14.0. The van der Waals surface area contributed by atoms with Crippen LogP contribution in [0.3, 0.4) is 0 Å². The van der Waals surface area contributed by atoms with Gasteiger partial charge in [-0.05, 0) is 28.8 Å². The van der Waals surface area contributed by atoms with E-state index in [2.05, 4.69) is 20.9 Å². The van der Waals surface area contributed by atoms with E-state index in [0.717, 1.165) is 28.8 Å². The van der Waals surface area contributed by atoms with Gasteiger partial charge in [0.25, 0.3) is 0 Å². The normalized spacial score (nSPS) is 22.6. The zero-order valence-electron chi connectivity index (χ0n) is 12.4. The fourth-order valence-electron chi connectivity index (χ4n) is 3.38. The summed E-state index contributed by atoms with van der Waals surface area (Å²) in [5.74, 6) is 1.72. The van der Waals surface area contributed by atoms with Gasteiger partial charge in [-0.25, -0.2) is 9.97 Å². The van der Waals surface area contributed by atoms with Crippen molar-refractivity contribution in [2.75, 3.05) is 26.1 Å². The van der Waals surface area contributed by atoms with Crippen molar-refractivity contribution >= 4 is 21.7 Å². The van der Waals surface area contributed by atoms with E-state index in [1.807, 2.05) is 0 Å². The molecule has 0 atom stereocenters. The van der Waals surface area contributed by atoms with Crippen LogP contribution in [0.25, 0.3) is 0 Å². The maximum atomic E-state index is 6.12. The first-order chi connectivity index (χ1) is 10.2. The minimum Gasteiger partial charge on any atom is -0.383 e. The van der Waals surface area contributed by atoms with Crippen LogP contribution in [0.5, 0.6) is 0 Å². The molecule has 21 heavy (non-hydrogen) atoms. The second-order valence-electron chi connectivity index (χ2n) is 5.92. The third-order valence-corrected chi connectivity index (χ3v) is 5.56. The second kappa shape index (κ2) is 6.18. The Morgan fingerprint density at radius 2 is 1.90 bits per heavy atom. The Hall–Kier alpha value is -0.720. The van der Waals surface area contributed by atoms with Gasteiger partial charge >= 0.3 is 0 Å². The number of nitrogens with zero attached hydrogens (tertiary/aromatic N) is 2. The number of aromatic nitrogens is 2. The molecule has 0 radical (unpaired) electrons. The Bertz CT molecular complexity index is 512. The molecule has 116 valence electrons. The van der Waals surface area contributed by atoms with Crippen molar-refractivity contribution in [3.8, 4) is 0 Å². The summed E-state index contributed by atoms with van der Waals surface area (Å²) in [6.07, 6.45) is 6.43. The van der Waals surface area contributed by atoms with E-state index in [1.165, 1.54) is 25.7 Å². The quantitative estimate of drug-likeness (QED) is 0.901. The summed E-state index contributed by atoms with van der Waals surface area (Å²) >= 11 is 3.57. The minimum atomic E-state index is -0.458. The van der Waals surface area contributed by atoms with Crippen LogP contribution in [0.1, 0.15) is 56.0 Å². The standard InChI is InChI=1S/C15H22BrN3O2/c1-20-15(6-8-21-9-7-15)14-18-12(10-4-2-3-5-10)11(16)13(17)19-14/h10H,2-9H2,1H3,(H2,17,18,19). The molecule has 0 spiro atoms. The van der Waals surface area contributed by atoms with Crippen molar-refractivity contribution < 1.29 is 9.47 Å². The summed E-state index contributed by atoms with van der Waals surface area (Å²) in [4.78, 5) is 9.37. The largest absolute Gasteiger partial charge is 0.383 e. The van der Waals surface area contributed by atoms with Crippen LogP contribution in [0.2, 0.25) is 0 Å². The molecule has 0 amide bonds. The van der Waals surface area contributed by atoms with Crippen molar-refractivity contribution in [1.82, 2.24) is 9.97 Å². The van der Waals surface area contributed by atoms with Gasteiger partial charge in [-0.3, -0.25) is 0 Å². The average molecular weight is 356 g/mol. The lowest BCUT2D eigenvalue weighted by molar-refractivity contribution is -0.100. The highest BCUT2D eigenvalue weighted by atomic mass is 79.9. The number of nitrogens with two attached hydrogens (primary N) is 1. The topological polar surface area (TPSA) is 70.3 Å². The van der Waals surface area contributed by atoms with Gasteiger partial charge in [0.2, 0.25) is 0 Å². The molecule has 2 fully saturated rings. The molecule has 0 bridgehead atoms. The molecular formula is C15H22BrN3O2. The van der Waals surface area contributed by atoms with Gasteiger partial charge in [-0.1, -0.05) is 12.8 Å². The number of methoxy groups -OCH3 is 1. The van der Waals surface area contributed by atoms with E-state index in [4.69, 9.17) is 20.2 Å². The van der Waals surface area contributed by atoms with Gasteiger partial charge in [0.05, 0.1) is 10.2 Å². The van der Waals surface area contributed by atoms with Gasteiger partial charge < -0.3 is 15.2 Å². The Labute approximate surface area is 133 Å². The molecule has 2 heterocycles. The van der Waals surface area contributed by atoms with E-state index < -0.39 is 5.60 Å². The van der Waals surface area contributed by atoms with E-state index in [1.54, 1.807) is 7.11 Å². The predicted molar refractivity (Wildman–Crippen MR) is 84.1 cm³/mol. The van der Waals surface area contributed by atoms with Crippen molar-refractivity contribution in [2.24, 2.45) is 0 Å². The Morgan fingerprint density at radius 3 is 2.52 bits per heavy atom. The van der Waals surface area contributed by atoms with Crippen LogP contribution in [-0.2, 0) is 15.1 Å². The lowest BCUT2D eigenvalue weighted by Gasteiger charge is -2.35. The summed E-state index contributed by atoms with van der Waals surface area (Å²) in [7, 11) is 1.72. The molecule has 0 aromatic carbocycles. The van der Waals surface area contributed by atoms with Crippen molar-refractivity contribution in [2.45, 2.75) is 50.0 Å². The molecule has 1 saturated carbocycles. The highest BCUT2D eigenvalue weighted by Crippen LogP contribution is 2.41. The average Bonchev–Trinajstić information content (AvgIpc) is 3.04. The summed E-state index contributed by atoms with van der Waals surface area (Å²) in [5.41, 5.74) is 6.72. The summed E-state index contributed by atoms with van der Waals surface area (Å²) in [5, 5.41) is 0. The molecular weight excluding hydrogens is 334 g/mol. The smallest absolute Gasteiger partial charge is 0.163 e. The Kier molecular flexibility index (Phi) is 4.47. The number of rotatable bonds is 3. The van der Waals surface area contributed by atoms with Crippen LogP contribution in [0.4, 0.5) is 5.82 Å². The van der Waals surface area contributed by atoms with Crippen LogP contribution >= 0.6 is 15.9 Å². The number of halogens is 1. The third-order valence-electron chi connectivity index (χ3n) is 4.74. The first-order valence-electron chi connectivity index (χ1n) is 7.62. The second-order valence-corrected chi connectivity index (χ2v) is 6.72.